The van der Waals surface area contributed by atoms with Gasteiger partial charge >= 0.3 is 0 Å². The second-order valence-corrected chi connectivity index (χ2v) is 8.95. The van der Waals surface area contributed by atoms with Crippen molar-refractivity contribution in [1.29, 1.82) is 0 Å². The monoisotopic (exact) mass is 392 g/mol. The van der Waals surface area contributed by atoms with E-state index in [1.165, 1.54) is 18.4 Å². The van der Waals surface area contributed by atoms with Crippen LogP contribution in [0.25, 0.3) is 33.7 Å². The predicted octanol–water partition coefficient (Wildman–Crippen LogP) is 3.85. The van der Waals surface area contributed by atoms with E-state index >= 15 is 0 Å². The number of sulfonamides is 1. The van der Waals surface area contributed by atoms with E-state index in [4.69, 9.17) is 4.98 Å². The Balaban J connectivity index is 1.75. The maximum absolute atomic E-state index is 12.3. The Bertz CT molecular complexity index is 1260. The summed E-state index contributed by atoms with van der Waals surface area (Å²) in [7, 11) is -0.424. The van der Waals surface area contributed by atoms with Crippen molar-refractivity contribution in [2.75, 3.05) is 14.1 Å². The zero-order valence-corrected chi connectivity index (χ0v) is 16.7. The van der Waals surface area contributed by atoms with Gasteiger partial charge in [-0.15, -0.1) is 0 Å². The van der Waals surface area contributed by atoms with Crippen molar-refractivity contribution in [3.63, 3.8) is 0 Å². The number of aromatic amines is 1. The zero-order valence-electron chi connectivity index (χ0n) is 15.8. The van der Waals surface area contributed by atoms with Crippen LogP contribution in [0.4, 0.5) is 0 Å². The summed E-state index contributed by atoms with van der Waals surface area (Å²) in [6.45, 7) is 1.88. The third-order valence-electron chi connectivity index (χ3n) is 4.67. The van der Waals surface area contributed by atoms with Gasteiger partial charge in [0, 0.05) is 25.4 Å². The molecule has 0 saturated carbocycles. The van der Waals surface area contributed by atoms with Gasteiger partial charge in [0.25, 0.3) is 0 Å². The molecule has 6 nitrogen and oxygen atoms in total. The van der Waals surface area contributed by atoms with E-state index in [0.29, 0.717) is 11.3 Å². The Labute approximate surface area is 163 Å². The molecule has 28 heavy (non-hydrogen) atoms. The van der Waals surface area contributed by atoms with Gasteiger partial charge in [-0.3, -0.25) is 0 Å². The van der Waals surface area contributed by atoms with E-state index in [-0.39, 0.29) is 4.90 Å². The van der Waals surface area contributed by atoms with E-state index in [1.54, 1.807) is 24.4 Å². The van der Waals surface area contributed by atoms with Crippen molar-refractivity contribution >= 4 is 21.2 Å². The summed E-state index contributed by atoms with van der Waals surface area (Å²) in [5, 5.41) is 0. The number of fused-ring (bicyclic) bond motifs is 1. The average molecular weight is 392 g/mol. The number of aromatic nitrogens is 3. The largest absolute Gasteiger partial charge is 0.338 e. The summed E-state index contributed by atoms with van der Waals surface area (Å²) in [5.74, 6) is 0. The molecule has 2 aromatic heterocycles. The number of hydrogen-bond donors (Lipinski definition) is 1. The lowest BCUT2D eigenvalue weighted by atomic mass is 10.1. The van der Waals surface area contributed by atoms with Crippen LogP contribution < -0.4 is 0 Å². The Morgan fingerprint density at radius 3 is 2.43 bits per heavy atom. The van der Waals surface area contributed by atoms with Crippen molar-refractivity contribution in [1.82, 2.24) is 19.3 Å². The van der Waals surface area contributed by atoms with Crippen LogP contribution in [0, 0.1) is 6.92 Å². The molecule has 0 aliphatic carbocycles. The highest BCUT2D eigenvalue weighted by atomic mass is 32.2. The maximum Gasteiger partial charge on any atom is 0.242 e. The molecular formula is C21H20N4O2S. The maximum atomic E-state index is 12.3. The van der Waals surface area contributed by atoms with Crippen LogP contribution in [0.2, 0.25) is 0 Å². The fraction of sp³-hybridized carbons (Fsp3) is 0.143. The van der Waals surface area contributed by atoms with Crippen molar-refractivity contribution < 1.29 is 8.42 Å². The first kappa shape index (κ1) is 18.3. The number of nitrogens with one attached hydrogen (secondary N) is 1. The molecule has 0 atom stereocenters. The molecule has 0 unspecified atom stereocenters. The van der Waals surface area contributed by atoms with E-state index in [1.807, 2.05) is 43.3 Å². The van der Waals surface area contributed by atoms with E-state index < -0.39 is 10.0 Å². The highest BCUT2D eigenvalue weighted by Gasteiger charge is 2.18. The molecule has 4 aromatic rings. The second kappa shape index (κ2) is 6.85. The molecule has 2 aromatic carbocycles. The summed E-state index contributed by atoms with van der Waals surface area (Å²) >= 11 is 0. The van der Waals surface area contributed by atoms with Crippen LogP contribution in [0.15, 0.2) is 65.7 Å². The molecule has 1 N–H and O–H groups in total. The second-order valence-electron chi connectivity index (χ2n) is 6.80. The molecule has 0 radical (unpaired) electrons. The minimum Gasteiger partial charge on any atom is -0.338 e. The highest BCUT2D eigenvalue weighted by molar-refractivity contribution is 7.89. The lowest BCUT2D eigenvalue weighted by Crippen LogP contribution is -2.22. The van der Waals surface area contributed by atoms with Gasteiger partial charge in [-0.2, -0.15) is 0 Å². The quantitative estimate of drug-likeness (QED) is 0.572. The van der Waals surface area contributed by atoms with Crippen molar-refractivity contribution in [2.45, 2.75) is 11.8 Å². The molecule has 142 valence electrons. The predicted molar refractivity (Wildman–Crippen MR) is 110 cm³/mol. The highest BCUT2D eigenvalue weighted by Crippen LogP contribution is 2.28. The van der Waals surface area contributed by atoms with Crippen LogP contribution >= 0.6 is 0 Å². The van der Waals surface area contributed by atoms with Crippen LogP contribution in [-0.4, -0.2) is 41.8 Å². The number of rotatable bonds is 4. The van der Waals surface area contributed by atoms with Gasteiger partial charge < -0.3 is 4.98 Å². The molecule has 0 fully saturated rings. The molecule has 0 aliphatic rings. The third-order valence-corrected chi connectivity index (χ3v) is 6.48. The summed E-state index contributed by atoms with van der Waals surface area (Å²) in [5.41, 5.74) is 5.89. The Morgan fingerprint density at radius 2 is 1.75 bits per heavy atom. The third kappa shape index (κ3) is 3.19. The first-order valence-electron chi connectivity index (χ1n) is 8.81. The fourth-order valence-electron chi connectivity index (χ4n) is 3.10. The number of aryl methyl sites for hydroxylation is 1. The fourth-order valence-corrected chi connectivity index (χ4v) is 4.09. The molecule has 0 spiro atoms. The summed E-state index contributed by atoms with van der Waals surface area (Å²) in [6, 6.07) is 17.0. The molecule has 4 rings (SSSR count). The van der Waals surface area contributed by atoms with Crippen molar-refractivity contribution in [3.8, 4) is 22.5 Å². The Hall–Kier alpha value is -3.03. The average Bonchev–Trinajstić information content (AvgIpc) is 3.11. The van der Waals surface area contributed by atoms with Crippen LogP contribution in [0.1, 0.15) is 5.56 Å². The van der Waals surface area contributed by atoms with Gasteiger partial charge in [0.15, 0.2) is 5.65 Å². The Morgan fingerprint density at radius 1 is 1.00 bits per heavy atom. The molecular weight excluding hydrogens is 372 g/mol. The van der Waals surface area contributed by atoms with Gasteiger partial charge in [-0.25, -0.2) is 22.7 Å². The molecule has 7 heteroatoms. The van der Waals surface area contributed by atoms with Gasteiger partial charge in [0.1, 0.15) is 5.52 Å². The number of hydrogen-bond acceptors (Lipinski definition) is 4. The normalized spacial score (nSPS) is 12.0. The molecule has 2 heterocycles. The molecule has 0 bridgehead atoms. The van der Waals surface area contributed by atoms with Crippen LogP contribution in [0.5, 0.6) is 0 Å². The van der Waals surface area contributed by atoms with Gasteiger partial charge in [-0.05, 0) is 36.2 Å². The van der Waals surface area contributed by atoms with E-state index in [2.05, 4.69) is 9.97 Å². The minimum absolute atomic E-state index is 0.265. The lowest BCUT2D eigenvalue weighted by molar-refractivity contribution is 0.520. The minimum atomic E-state index is -3.47. The number of nitrogens with zero attached hydrogens (tertiary/aromatic N) is 3. The SMILES string of the molecule is Cc1cc(S(=O)(=O)N(C)C)ccc1-c1cnc2[nH]c(-c3ccccc3)cc2n1. The van der Waals surface area contributed by atoms with E-state index in [0.717, 1.165) is 27.9 Å². The topological polar surface area (TPSA) is 79.0 Å². The number of H-pyrrole nitrogens is 1. The Kier molecular flexibility index (Phi) is 4.49. The summed E-state index contributed by atoms with van der Waals surface area (Å²) < 4.78 is 25.9. The molecule has 0 amide bonds. The van der Waals surface area contributed by atoms with Crippen LogP contribution in [-0.2, 0) is 10.0 Å². The van der Waals surface area contributed by atoms with Gasteiger partial charge in [0.05, 0.1) is 16.8 Å². The van der Waals surface area contributed by atoms with Crippen LogP contribution in [0.3, 0.4) is 0 Å². The van der Waals surface area contributed by atoms with E-state index in [9.17, 15) is 8.42 Å². The standard InChI is InChI=1S/C21H20N4O2S/c1-14-11-16(28(26,27)25(2)3)9-10-17(14)20-13-22-21-19(23-20)12-18(24-21)15-7-5-4-6-8-15/h4-13H,1-3H3,(H,22,24). The smallest absolute Gasteiger partial charge is 0.242 e. The lowest BCUT2D eigenvalue weighted by Gasteiger charge is -2.13. The first-order chi connectivity index (χ1) is 13.4. The van der Waals surface area contributed by atoms with Crippen molar-refractivity contribution in [3.05, 3.63) is 66.4 Å². The van der Waals surface area contributed by atoms with Gasteiger partial charge in [0.2, 0.25) is 10.0 Å². The molecule has 0 aliphatic heterocycles. The van der Waals surface area contributed by atoms with Gasteiger partial charge in [-0.1, -0.05) is 36.4 Å². The molecule has 0 saturated heterocycles. The first-order valence-corrected chi connectivity index (χ1v) is 10.2. The van der Waals surface area contributed by atoms with Crippen molar-refractivity contribution in [2.24, 2.45) is 0 Å². The zero-order chi connectivity index (χ0) is 19.9. The summed E-state index contributed by atoms with van der Waals surface area (Å²) in [4.78, 5) is 12.8. The number of benzene rings is 2. The summed E-state index contributed by atoms with van der Waals surface area (Å²) in [6.07, 6.45) is 1.70.